The molecule has 1 rings (SSSR count). The van der Waals surface area contributed by atoms with E-state index >= 15 is 0 Å². The molecule has 0 radical (unpaired) electrons. The Bertz CT molecular complexity index is 129. The number of hydrogen-bond donors (Lipinski definition) is 0. The van der Waals surface area contributed by atoms with Crippen LogP contribution in [0.15, 0.2) is 24.4 Å². The van der Waals surface area contributed by atoms with Gasteiger partial charge >= 0.3 is 0 Å². The number of likely N-dealkylation sites (N-methyl/N-ethyl adjacent to an activating group) is 1. The van der Waals surface area contributed by atoms with Gasteiger partial charge in [0.1, 0.15) is 0 Å². The van der Waals surface area contributed by atoms with E-state index in [4.69, 9.17) is 0 Å². The van der Waals surface area contributed by atoms with Crippen LogP contribution in [0.2, 0.25) is 0 Å². The zero-order chi connectivity index (χ0) is 7.40. The SMILES string of the molecule is CCC1C=CC=CN1CC. The summed E-state index contributed by atoms with van der Waals surface area (Å²) in [6.07, 6.45) is 9.84. The Balaban J connectivity index is 2.55. The third-order valence-corrected chi connectivity index (χ3v) is 1.93. The third kappa shape index (κ3) is 1.41. The second kappa shape index (κ2) is 3.45. The maximum absolute atomic E-state index is 2.35. The highest BCUT2D eigenvalue weighted by atomic mass is 15.1. The van der Waals surface area contributed by atoms with Gasteiger partial charge in [0.2, 0.25) is 0 Å². The molecular weight excluding hydrogens is 122 g/mol. The molecule has 0 aliphatic carbocycles. The average molecular weight is 137 g/mol. The lowest BCUT2D eigenvalue weighted by Gasteiger charge is -2.27. The molecule has 1 aliphatic heterocycles. The minimum atomic E-state index is 0.634. The van der Waals surface area contributed by atoms with E-state index in [0.717, 1.165) is 6.54 Å². The predicted molar refractivity (Wildman–Crippen MR) is 44.7 cm³/mol. The first-order valence-electron chi connectivity index (χ1n) is 3.99. The summed E-state index contributed by atoms with van der Waals surface area (Å²) in [5.41, 5.74) is 0. The molecule has 1 heteroatoms. The van der Waals surface area contributed by atoms with Gasteiger partial charge in [0.25, 0.3) is 0 Å². The number of hydrogen-bond acceptors (Lipinski definition) is 1. The summed E-state index contributed by atoms with van der Waals surface area (Å²) in [5, 5.41) is 0. The third-order valence-electron chi connectivity index (χ3n) is 1.93. The van der Waals surface area contributed by atoms with Gasteiger partial charge in [-0.05, 0) is 25.6 Å². The average Bonchev–Trinajstić information content (AvgIpc) is 2.04. The van der Waals surface area contributed by atoms with Crippen molar-refractivity contribution in [2.45, 2.75) is 26.3 Å². The van der Waals surface area contributed by atoms with Crippen LogP contribution in [0.4, 0.5) is 0 Å². The summed E-state index contributed by atoms with van der Waals surface area (Å²) >= 11 is 0. The number of allylic oxidation sites excluding steroid dienone is 2. The second-order valence-electron chi connectivity index (χ2n) is 2.53. The lowest BCUT2D eigenvalue weighted by atomic mass is 10.1. The van der Waals surface area contributed by atoms with Gasteiger partial charge in [0, 0.05) is 12.6 Å². The van der Waals surface area contributed by atoms with E-state index in [9.17, 15) is 0 Å². The Morgan fingerprint density at radius 1 is 1.30 bits per heavy atom. The molecule has 56 valence electrons. The molecular formula is C9H15N. The Hall–Kier alpha value is -0.720. The van der Waals surface area contributed by atoms with Crippen molar-refractivity contribution in [2.75, 3.05) is 6.54 Å². The molecule has 1 nitrogen and oxygen atoms in total. The highest BCUT2D eigenvalue weighted by molar-refractivity contribution is 5.12. The van der Waals surface area contributed by atoms with Crippen LogP contribution >= 0.6 is 0 Å². The smallest absolute Gasteiger partial charge is 0.0467 e. The molecule has 1 heterocycles. The maximum Gasteiger partial charge on any atom is 0.0467 e. The molecule has 0 saturated carbocycles. The van der Waals surface area contributed by atoms with Gasteiger partial charge in [0.05, 0.1) is 0 Å². The van der Waals surface area contributed by atoms with E-state index in [2.05, 4.69) is 43.2 Å². The Morgan fingerprint density at radius 3 is 2.60 bits per heavy atom. The highest BCUT2D eigenvalue weighted by Crippen LogP contribution is 2.10. The molecule has 0 spiro atoms. The van der Waals surface area contributed by atoms with Crippen LogP contribution in [-0.4, -0.2) is 17.5 Å². The quantitative estimate of drug-likeness (QED) is 0.564. The summed E-state index contributed by atoms with van der Waals surface area (Å²) in [5.74, 6) is 0. The number of rotatable bonds is 2. The fraction of sp³-hybridized carbons (Fsp3) is 0.556. The van der Waals surface area contributed by atoms with Gasteiger partial charge in [-0.1, -0.05) is 19.1 Å². The van der Waals surface area contributed by atoms with Gasteiger partial charge < -0.3 is 4.90 Å². The van der Waals surface area contributed by atoms with Crippen LogP contribution in [0.1, 0.15) is 20.3 Å². The summed E-state index contributed by atoms with van der Waals surface area (Å²) < 4.78 is 0. The molecule has 10 heavy (non-hydrogen) atoms. The van der Waals surface area contributed by atoms with Crippen molar-refractivity contribution >= 4 is 0 Å². The van der Waals surface area contributed by atoms with Crippen LogP contribution in [0.25, 0.3) is 0 Å². The fourth-order valence-corrected chi connectivity index (χ4v) is 1.28. The fourth-order valence-electron chi connectivity index (χ4n) is 1.28. The first kappa shape index (κ1) is 7.39. The lowest BCUT2D eigenvalue weighted by Crippen LogP contribution is -2.29. The van der Waals surface area contributed by atoms with Crippen molar-refractivity contribution in [3.63, 3.8) is 0 Å². The van der Waals surface area contributed by atoms with Crippen molar-refractivity contribution < 1.29 is 0 Å². The zero-order valence-electron chi connectivity index (χ0n) is 6.75. The van der Waals surface area contributed by atoms with Crippen molar-refractivity contribution in [3.8, 4) is 0 Å². The topological polar surface area (TPSA) is 3.24 Å². The summed E-state index contributed by atoms with van der Waals surface area (Å²) in [4.78, 5) is 2.35. The Kier molecular flexibility index (Phi) is 2.55. The first-order valence-corrected chi connectivity index (χ1v) is 3.99. The molecule has 0 aromatic carbocycles. The van der Waals surface area contributed by atoms with Gasteiger partial charge in [-0.3, -0.25) is 0 Å². The minimum absolute atomic E-state index is 0.634. The van der Waals surface area contributed by atoms with Gasteiger partial charge in [0.15, 0.2) is 0 Å². The molecule has 1 aliphatic rings. The lowest BCUT2D eigenvalue weighted by molar-refractivity contribution is 0.324. The normalized spacial score (nSPS) is 23.8. The molecule has 0 aromatic rings. The van der Waals surface area contributed by atoms with Gasteiger partial charge in [-0.2, -0.15) is 0 Å². The monoisotopic (exact) mass is 137 g/mol. The Labute approximate surface area is 63.0 Å². The zero-order valence-corrected chi connectivity index (χ0v) is 6.75. The van der Waals surface area contributed by atoms with Crippen molar-refractivity contribution in [1.29, 1.82) is 0 Å². The molecule has 0 aromatic heterocycles. The molecule has 0 N–H and O–H groups in total. The minimum Gasteiger partial charge on any atom is -0.371 e. The largest absolute Gasteiger partial charge is 0.371 e. The van der Waals surface area contributed by atoms with Crippen LogP contribution in [-0.2, 0) is 0 Å². The van der Waals surface area contributed by atoms with E-state index in [-0.39, 0.29) is 0 Å². The standard InChI is InChI=1S/C9H15N/c1-3-9-7-5-6-8-10(9)4-2/h5-9H,3-4H2,1-2H3. The summed E-state index contributed by atoms with van der Waals surface area (Å²) in [6.45, 7) is 5.52. The van der Waals surface area contributed by atoms with Crippen LogP contribution in [0.5, 0.6) is 0 Å². The van der Waals surface area contributed by atoms with E-state index in [0.29, 0.717) is 6.04 Å². The molecule has 1 atom stereocenters. The van der Waals surface area contributed by atoms with E-state index < -0.39 is 0 Å². The molecule has 0 fully saturated rings. The van der Waals surface area contributed by atoms with E-state index in [1.54, 1.807) is 0 Å². The van der Waals surface area contributed by atoms with Crippen molar-refractivity contribution in [1.82, 2.24) is 4.90 Å². The molecule has 0 amide bonds. The van der Waals surface area contributed by atoms with Gasteiger partial charge in [-0.25, -0.2) is 0 Å². The predicted octanol–water partition coefficient (Wildman–Crippen LogP) is 2.17. The van der Waals surface area contributed by atoms with Crippen LogP contribution < -0.4 is 0 Å². The van der Waals surface area contributed by atoms with Crippen LogP contribution in [0.3, 0.4) is 0 Å². The van der Waals surface area contributed by atoms with Crippen molar-refractivity contribution in [3.05, 3.63) is 24.4 Å². The molecule has 1 unspecified atom stereocenters. The second-order valence-corrected chi connectivity index (χ2v) is 2.53. The molecule has 0 bridgehead atoms. The van der Waals surface area contributed by atoms with Gasteiger partial charge in [-0.15, -0.1) is 0 Å². The highest BCUT2D eigenvalue weighted by Gasteiger charge is 2.08. The summed E-state index contributed by atoms with van der Waals surface area (Å²) in [6, 6.07) is 0.634. The summed E-state index contributed by atoms with van der Waals surface area (Å²) in [7, 11) is 0. The van der Waals surface area contributed by atoms with E-state index in [1.807, 2.05) is 0 Å². The van der Waals surface area contributed by atoms with Crippen molar-refractivity contribution in [2.24, 2.45) is 0 Å². The number of nitrogens with zero attached hydrogens (tertiary/aromatic N) is 1. The Morgan fingerprint density at radius 2 is 2.10 bits per heavy atom. The molecule has 0 saturated heterocycles. The van der Waals surface area contributed by atoms with E-state index in [1.165, 1.54) is 6.42 Å². The maximum atomic E-state index is 2.35. The first-order chi connectivity index (χ1) is 4.88. The van der Waals surface area contributed by atoms with Crippen LogP contribution in [0, 0.1) is 0 Å².